The summed E-state index contributed by atoms with van der Waals surface area (Å²) in [6, 6.07) is 5.58. The van der Waals surface area contributed by atoms with Crippen LogP contribution in [-0.4, -0.2) is 48.9 Å². The number of allylic oxidation sites excluding steroid dienone is 1. The lowest BCUT2D eigenvalue weighted by Gasteiger charge is -2.47. The van der Waals surface area contributed by atoms with E-state index in [0.717, 1.165) is 30.0 Å². The molecule has 0 spiro atoms. The standard InChI is InChI=1S/C21H26FN3O3S/c1-14-11-12-25(19-6-4-3-5-17(14)19)21(26)20-13-18(23-29(27,28)24(20)2)15-7-9-16(22)10-8-15/h7-10,13-14,17,19H,3-6,11-12H2,1-2H3/t14-,17-,19-/m1/s1. The van der Waals surface area contributed by atoms with Crippen LogP contribution in [-0.2, 0) is 15.0 Å². The predicted molar refractivity (Wildman–Crippen MR) is 109 cm³/mol. The van der Waals surface area contributed by atoms with Crippen LogP contribution < -0.4 is 0 Å². The van der Waals surface area contributed by atoms with Crippen LogP contribution in [0.5, 0.6) is 0 Å². The Bertz CT molecular complexity index is 971. The molecule has 6 nitrogen and oxygen atoms in total. The van der Waals surface area contributed by atoms with Gasteiger partial charge in [-0.1, -0.05) is 19.8 Å². The molecule has 1 aromatic carbocycles. The van der Waals surface area contributed by atoms with Crippen molar-refractivity contribution < 1.29 is 17.6 Å². The second kappa shape index (κ2) is 7.55. The van der Waals surface area contributed by atoms with Crippen LogP contribution in [0.3, 0.4) is 0 Å². The van der Waals surface area contributed by atoms with Crippen molar-refractivity contribution in [3.8, 4) is 0 Å². The highest BCUT2D eigenvalue weighted by Gasteiger charge is 2.42. The van der Waals surface area contributed by atoms with E-state index >= 15 is 0 Å². The molecule has 0 radical (unpaired) electrons. The Morgan fingerprint density at radius 3 is 2.55 bits per heavy atom. The fraction of sp³-hybridized carbons (Fsp3) is 0.524. The molecule has 1 saturated carbocycles. The van der Waals surface area contributed by atoms with Crippen LogP contribution in [0.4, 0.5) is 4.39 Å². The number of carbonyl (C=O) groups is 1. The monoisotopic (exact) mass is 419 g/mol. The molecule has 3 aliphatic rings. The molecule has 0 unspecified atom stereocenters. The predicted octanol–water partition coefficient (Wildman–Crippen LogP) is 3.12. The lowest BCUT2D eigenvalue weighted by Crippen LogP contribution is -2.54. The van der Waals surface area contributed by atoms with E-state index in [1.165, 1.54) is 43.8 Å². The molecule has 1 aliphatic carbocycles. The smallest absolute Gasteiger partial charge is 0.334 e. The van der Waals surface area contributed by atoms with Gasteiger partial charge in [-0.2, -0.15) is 8.42 Å². The number of hydrogen-bond donors (Lipinski definition) is 0. The second-order valence-corrected chi connectivity index (χ2v) is 9.86. The third-order valence-electron chi connectivity index (χ3n) is 6.53. The van der Waals surface area contributed by atoms with Crippen molar-refractivity contribution in [1.82, 2.24) is 9.21 Å². The van der Waals surface area contributed by atoms with Crippen molar-refractivity contribution in [1.29, 1.82) is 0 Å². The minimum absolute atomic E-state index is 0.0956. The molecule has 4 rings (SSSR count). The van der Waals surface area contributed by atoms with Crippen LogP contribution >= 0.6 is 0 Å². The van der Waals surface area contributed by atoms with E-state index in [0.29, 0.717) is 23.9 Å². The number of rotatable bonds is 2. The zero-order chi connectivity index (χ0) is 20.8. The lowest BCUT2D eigenvalue weighted by atomic mass is 9.72. The number of hydrogen-bond acceptors (Lipinski definition) is 3. The summed E-state index contributed by atoms with van der Waals surface area (Å²) in [5.74, 6) is 0.353. The summed E-state index contributed by atoms with van der Waals surface area (Å²) in [5, 5.41) is 0. The Morgan fingerprint density at radius 2 is 1.83 bits per heavy atom. The van der Waals surface area contributed by atoms with Gasteiger partial charge >= 0.3 is 10.2 Å². The topological polar surface area (TPSA) is 70.0 Å². The van der Waals surface area contributed by atoms with E-state index in [9.17, 15) is 17.6 Å². The van der Waals surface area contributed by atoms with Crippen LogP contribution in [0, 0.1) is 17.7 Å². The molecule has 2 aliphatic heterocycles. The number of likely N-dealkylation sites (tertiary alicyclic amines) is 1. The summed E-state index contributed by atoms with van der Waals surface area (Å²) >= 11 is 0. The molecule has 156 valence electrons. The Balaban J connectivity index is 1.69. The summed E-state index contributed by atoms with van der Waals surface area (Å²) < 4.78 is 43.3. The Hall–Kier alpha value is -2.22. The van der Waals surface area contributed by atoms with Crippen molar-refractivity contribution >= 4 is 21.8 Å². The lowest BCUT2D eigenvalue weighted by molar-refractivity contribution is -0.135. The van der Waals surface area contributed by atoms with Gasteiger partial charge in [-0.15, -0.1) is 4.40 Å². The summed E-state index contributed by atoms with van der Waals surface area (Å²) in [6.45, 7) is 2.88. The van der Waals surface area contributed by atoms with Gasteiger partial charge in [0.05, 0.1) is 5.71 Å². The van der Waals surface area contributed by atoms with Gasteiger partial charge in [0, 0.05) is 25.2 Å². The first-order valence-corrected chi connectivity index (χ1v) is 11.5. The Morgan fingerprint density at radius 1 is 1.14 bits per heavy atom. The van der Waals surface area contributed by atoms with Crippen LogP contribution in [0.1, 0.15) is 44.6 Å². The molecule has 2 heterocycles. The second-order valence-electron chi connectivity index (χ2n) is 8.24. The summed E-state index contributed by atoms with van der Waals surface area (Å²) in [5.41, 5.74) is 0.700. The van der Waals surface area contributed by atoms with Crippen molar-refractivity contribution in [2.24, 2.45) is 16.2 Å². The zero-order valence-corrected chi connectivity index (χ0v) is 17.5. The van der Waals surface area contributed by atoms with E-state index in [-0.39, 0.29) is 23.4 Å². The van der Waals surface area contributed by atoms with Crippen molar-refractivity contribution in [2.75, 3.05) is 13.6 Å². The van der Waals surface area contributed by atoms with Gasteiger partial charge in [-0.25, -0.2) is 8.70 Å². The van der Waals surface area contributed by atoms with Gasteiger partial charge in [0.2, 0.25) is 0 Å². The van der Waals surface area contributed by atoms with Crippen LogP contribution in [0.25, 0.3) is 0 Å². The largest absolute Gasteiger partial charge is 0.345 e. The average molecular weight is 420 g/mol. The van der Waals surface area contributed by atoms with E-state index in [1.807, 2.05) is 4.90 Å². The molecule has 3 atom stereocenters. The maximum absolute atomic E-state index is 13.5. The van der Waals surface area contributed by atoms with Gasteiger partial charge in [0.15, 0.2) is 0 Å². The minimum atomic E-state index is -4.03. The molecule has 0 N–H and O–H groups in total. The van der Waals surface area contributed by atoms with Gasteiger partial charge in [0.1, 0.15) is 11.5 Å². The molecule has 1 amide bonds. The van der Waals surface area contributed by atoms with Crippen LogP contribution in [0.2, 0.25) is 0 Å². The first-order chi connectivity index (χ1) is 13.8. The molecular weight excluding hydrogens is 393 g/mol. The van der Waals surface area contributed by atoms with Crippen LogP contribution in [0.15, 0.2) is 40.4 Å². The summed E-state index contributed by atoms with van der Waals surface area (Å²) in [4.78, 5) is 15.4. The quantitative estimate of drug-likeness (QED) is 0.740. The number of piperidine rings is 1. The Kier molecular flexibility index (Phi) is 5.23. The highest BCUT2D eigenvalue weighted by atomic mass is 32.2. The third kappa shape index (κ3) is 3.70. The van der Waals surface area contributed by atoms with Crippen molar-refractivity contribution in [2.45, 2.75) is 45.1 Å². The molecule has 0 aromatic heterocycles. The number of halogens is 1. The number of benzene rings is 1. The van der Waals surface area contributed by atoms with Gasteiger partial charge in [0.25, 0.3) is 5.91 Å². The zero-order valence-electron chi connectivity index (χ0n) is 16.7. The van der Waals surface area contributed by atoms with E-state index in [4.69, 9.17) is 0 Å². The number of likely N-dealkylation sites (N-methyl/N-ethyl adjacent to an activating group) is 1. The third-order valence-corrected chi connectivity index (χ3v) is 7.85. The molecule has 1 aromatic rings. The first-order valence-electron chi connectivity index (χ1n) is 10.2. The van der Waals surface area contributed by atoms with E-state index in [2.05, 4.69) is 11.3 Å². The number of fused-ring (bicyclic) bond motifs is 1. The van der Waals surface area contributed by atoms with E-state index < -0.39 is 16.0 Å². The molecule has 2 fully saturated rings. The summed E-state index contributed by atoms with van der Waals surface area (Å²) in [7, 11) is -2.67. The fourth-order valence-electron chi connectivity index (χ4n) is 4.82. The molecule has 0 bridgehead atoms. The summed E-state index contributed by atoms with van der Waals surface area (Å²) in [6.07, 6.45) is 6.79. The Labute approximate surface area is 171 Å². The van der Waals surface area contributed by atoms with Gasteiger partial charge in [-0.05, 0) is 61.4 Å². The first kappa shape index (κ1) is 20.1. The maximum Gasteiger partial charge on any atom is 0.345 e. The molecular formula is C21H26FN3O3S. The maximum atomic E-state index is 13.5. The average Bonchev–Trinajstić information content (AvgIpc) is 2.70. The van der Waals surface area contributed by atoms with Crippen molar-refractivity contribution in [3.63, 3.8) is 0 Å². The number of nitrogens with zero attached hydrogens (tertiary/aromatic N) is 3. The highest BCUT2D eigenvalue weighted by Crippen LogP contribution is 2.39. The SMILES string of the molecule is C[C@@H]1CCN(C(=O)C2=CC(c3ccc(F)cc3)=NS(=O)(=O)N2C)[C@@H]2CCCC[C@H]12. The molecule has 1 saturated heterocycles. The normalized spacial score (nSPS) is 29.0. The molecule has 29 heavy (non-hydrogen) atoms. The van der Waals surface area contributed by atoms with Gasteiger partial charge < -0.3 is 4.90 Å². The highest BCUT2D eigenvalue weighted by molar-refractivity contribution is 7.88. The molecule has 8 heteroatoms. The van der Waals surface area contributed by atoms with E-state index in [1.54, 1.807) is 0 Å². The minimum Gasteiger partial charge on any atom is -0.334 e. The fourth-order valence-corrected chi connectivity index (χ4v) is 5.73. The van der Waals surface area contributed by atoms with Crippen molar-refractivity contribution in [3.05, 3.63) is 47.4 Å². The van der Waals surface area contributed by atoms with Gasteiger partial charge in [-0.3, -0.25) is 4.79 Å². The number of carbonyl (C=O) groups excluding carboxylic acids is 1. The number of amides is 1.